The van der Waals surface area contributed by atoms with Gasteiger partial charge in [-0.3, -0.25) is 13.9 Å². The van der Waals surface area contributed by atoms with Gasteiger partial charge >= 0.3 is 0 Å². The molecule has 3 aromatic carbocycles. The molecule has 0 aliphatic rings. The number of aryl methyl sites for hydroxylation is 2. The molecule has 0 radical (unpaired) electrons. The average Bonchev–Trinajstić information content (AvgIpc) is 2.91. The number of nitrogens with one attached hydrogen (secondary N) is 1. The van der Waals surface area contributed by atoms with Crippen molar-refractivity contribution in [2.24, 2.45) is 0 Å². The second-order valence-electron chi connectivity index (χ2n) is 10.0. The van der Waals surface area contributed by atoms with Gasteiger partial charge in [0.15, 0.2) is 0 Å². The van der Waals surface area contributed by atoms with E-state index in [1.54, 1.807) is 43.3 Å². The maximum atomic E-state index is 14.0. The van der Waals surface area contributed by atoms with Crippen LogP contribution in [0.1, 0.15) is 44.4 Å². The summed E-state index contributed by atoms with van der Waals surface area (Å²) in [5.74, 6) is -0.226. The number of hydrogen-bond donors (Lipinski definition) is 1. The fourth-order valence-corrected chi connectivity index (χ4v) is 5.61. The molecule has 214 valence electrons. The number of rotatable bonds is 12. The van der Waals surface area contributed by atoms with E-state index >= 15 is 0 Å². The minimum Gasteiger partial charge on any atom is -0.494 e. The first-order valence-electron chi connectivity index (χ1n) is 13.4. The van der Waals surface area contributed by atoms with Gasteiger partial charge in [-0.2, -0.15) is 0 Å². The average molecular weight is 566 g/mol. The molecular weight excluding hydrogens is 526 g/mol. The summed E-state index contributed by atoms with van der Waals surface area (Å²) in [6.07, 6.45) is 0. The van der Waals surface area contributed by atoms with Crippen LogP contribution in [-0.4, -0.2) is 50.4 Å². The highest BCUT2D eigenvalue weighted by Crippen LogP contribution is 2.27. The van der Waals surface area contributed by atoms with Crippen molar-refractivity contribution in [1.29, 1.82) is 0 Å². The van der Waals surface area contributed by atoms with Crippen molar-refractivity contribution in [1.82, 2.24) is 10.2 Å². The third-order valence-electron chi connectivity index (χ3n) is 6.52. The lowest BCUT2D eigenvalue weighted by atomic mass is 10.1. The number of sulfonamides is 1. The lowest BCUT2D eigenvalue weighted by molar-refractivity contribution is -0.139. The van der Waals surface area contributed by atoms with Gasteiger partial charge in [-0.25, -0.2) is 8.42 Å². The molecule has 0 aliphatic heterocycles. The topological polar surface area (TPSA) is 96.0 Å². The zero-order chi connectivity index (χ0) is 29.4. The predicted octanol–water partition coefficient (Wildman–Crippen LogP) is 4.84. The second-order valence-corrected chi connectivity index (χ2v) is 11.9. The maximum Gasteiger partial charge on any atom is 0.264 e. The van der Waals surface area contributed by atoms with E-state index in [2.05, 4.69) is 5.32 Å². The van der Waals surface area contributed by atoms with Crippen molar-refractivity contribution in [3.63, 3.8) is 0 Å². The van der Waals surface area contributed by atoms with Crippen LogP contribution in [0.4, 0.5) is 5.69 Å². The highest BCUT2D eigenvalue weighted by Gasteiger charge is 2.32. The number of ether oxygens (including phenoxy) is 1. The molecule has 40 heavy (non-hydrogen) atoms. The molecule has 3 rings (SSSR count). The van der Waals surface area contributed by atoms with Gasteiger partial charge in [-0.1, -0.05) is 42.0 Å². The molecule has 0 aromatic heterocycles. The number of anilines is 1. The molecule has 0 saturated carbocycles. The molecule has 0 fully saturated rings. The van der Waals surface area contributed by atoms with Crippen LogP contribution in [0.15, 0.2) is 77.7 Å². The number of carbonyl (C=O) groups is 2. The standard InChI is InChI=1S/C31H39N3O5S/c1-7-39-28-16-14-27(15-17-28)34(40(37,38)29-18-12-23(4)13-19-29)21-30(35)33(25(6)31(36)32-22(2)3)20-26-11-9-8-10-24(26)5/h8-19,22,25H,7,20-21H2,1-6H3,(H,32,36)/t25-/m1/s1. The SMILES string of the molecule is CCOc1ccc(N(CC(=O)N(Cc2ccccc2C)[C@H](C)C(=O)NC(C)C)S(=O)(=O)c2ccc(C)cc2)cc1. The Hall–Kier alpha value is -3.85. The Morgan fingerprint density at radius 2 is 1.52 bits per heavy atom. The zero-order valence-corrected chi connectivity index (χ0v) is 24.9. The first-order chi connectivity index (χ1) is 18.9. The van der Waals surface area contributed by atoms with Crippen LogP contribution in [0.5, 0.6) is 5.75 Å². The van der Waals surface area contributed by atoms with Crippen molar-refractivity contribution in [3.8, 4) is 5.75 Å². The summed E-state index contributed by atoms with van der Waals surface area (Å²) in [4.78, 5) is 28.5. The second kappa shape index (κ2) is 13.5. The van der Waals surface area contributed by atoms with E-state index in [4.69, 9.17) is 4.74 Å². The molecule has 1 N–H and O–H groups in total. The summed E-state index contributed by atoms with van der Waals surface area (Å²) in [7, 11) is -4.13. The molecule has 0 saturated heterocycles. The van der Waals surface area contributed by atoms with Gasteiger partial charge in [0, 0.05) is 12.6 Å². The van der Waals surface area contributed by atoms with E-state index in [1.165, 1.54) is 17.0 Å². The Balaban J connectivity index is 2.04. The van der Waals surface area contributed by atoms with E-state index in [1.807, 2.05) is 58.9 Å². The van der Waals surface area contributed by atoms with Crippen LogP contribution in [0.2, 0.25) is 0 Å². The lowest BCUT2D eigenvalue weighted by Gasteiger charge is -2.32. The summed E-state index contributed by atoms with van der Waals surface area (Å²) in [5, 5.41) is 2.86. The Morgan fingerprint density at radius 1 is 0.900 bits per heavy atom. The highest BCUT2D eigenvalue weighted by molar-refractivity contribution is 7.92. The normalized spacial score (nSPS) is 12.1. The predicted molar refractivity (Wildman–Crippen MR) is 158 cm³/mol. The summed E-state index contributed by atoms with van der Waals surface area (Å²) in [6, 6.07) is 19.7. The van der Waals surface area contributed by atoms with Crippen molar-refractivity contribution in [3.05, 3.63) is 89.5 Å². The van der Waals surface area contributed by atoms with Crippen molar-refractivity contribution < 1.29 is 22.7 Å². The van der Waals surface area contributed by atoms with Gasteiger partial charge in [0.1, 0.15) is 18.3 Å². The molecule has 2 amide bonds. The van der Waals surface area contributed by atoms with Crippen LogP contribution in [0.3, 0.4) is 0 Å². The molecule has 0 bridgehead atoms. The summed E-state index contributed by atoms with van der Waals surface area (Å²) in [5.41, 5.74) is 3.06. The largest absolute Gasteiger partial charge is 0.494 e. The smallest absolute Gasteiger partial charge is 0.264 e. The Morgan fingerprint density at radius 3 is 2.10 bits per heavy atom. The molecule has 0 heterocycles. The molecule has 1 atom stereocenters. The fourth-order valence-electron chi connectivity index (χ4n) is 4.20. The van der Waals surface area contributed by atoms with E-state index in [0.717, 1.165) is 21.0 Å². The molecule has 9 heteroatoms. The van der Waals surface area contributed by atoms with Crippen molar-refractivity contribution >= 4 is 27.5 Å². The molecule has 8 nitrogen and oxygen atoms in total. The maximum absolute atomic E-state index is 14.0. The third-order valence-corrected chi connectivity index (χ3v) is 8.31. The Bertz CT molecular complexity index is 1400. The van der Waals surface area contributed by atoms with Gasteiger partial charge in [0.05, 0.1) is 17.2 Å². The summed E-state index contributed by atoms with van der Waals surface area (Å²) in [6.45, 7) is 11.1. The number of nitrogens with zero attached hydrogens (tertiary/aromatic N) is 2. The van der Waals surface area contributed by atoms with Crippen LogP contribution in [0, 0.1) is 13.8 Å². The van der Waals surface area contributed by atoms with Crippen molar-refractivity contribution in [2.45, 2.75) is 65.1 Å². The van der Waals surface area contributed by atoms with Crippen LogP contribution in [-0.2, 0) is 26.2 Å². The number of amides is 2. The minimum atomic E-state index is -4.13. The van der Waals surface area contributed by atoms with Gasteiger partial charge in [-0.05, 0) is 89.1 Å². The molecule has 3 aromatic rings. The first kappa shape index (κ1) is 30.7. The van der Waals surface area contributed by atoms with E-state index < -0.39 is 28.5 Å². The first-order valence-corrected chi connectivity index (χ1v) is 14.8. The highest BCUT2D eigenvalue weighted by atomic mass is 32.2. The third kappa shape index (κ3) is 7.63. The fraction of sp³-hybridized carbons (Fsp3) is 0.355. The van der Waals surface area contributed by atoms with Crippen LogP contribution < -0.4 is 14.4 Å². The molecule has 0 aliphatic carbocycles. The zero-order valence-electron chi connectivity index (χ0n) is 24.0. The van der Waals surface area contributed by atoms with Gasteiger partial charge in [0.25, 0.3) is 10.0 Å². The monoisotopic (exact) mass is 565 g/mol. The molecule has 0 spiro atoms. The summed E-state index contributed by atoms with van der Waals surface area (Å²) < 4.78 is 34.5. The van der Waals surface area contributed by atoms with Crippen LogP contribution in [0.25, 0.3) is 0 Å². The quantitative estimate of drug-likeness (QED) is 0.339. The van der Waals surface area contributed by atoms with E-state index in [-0.39, 0.29) is 23.4 Å². The Labute approximate surface area is 238 Å². The summed E-state index contributed by atoms with van der Waals surface area (Å²) >= 11 is 0. The van der Waals surface area contributed by atoms with Crippen molar-refractivity contribution in [2.75, 3.05) is 17.5 Å². The molecule has 0 unspecified atom stereocenters. The molecular formula is C31H39N3O5S. The van der Waals surface area contributed by atoms with E-state index in [0.29, 0.717) is 18.0 Å². The van der Waals surface area contributed by atoms with Crippen LogP contribution >= 0.6 is 0 Å². The minimum absolute atomic E-state index is 0.0656. The Kier molecular flexibility index (Phi) is 10.3. The number of carbonyl (C=O) groups excluding carboxylic acids is 2. The number of benzene rings is 3. The van der Waals surface area contributed by atoms with E-state index in [9.17, 15) is 18.0 Å². The van der Waals surface area contributed by atoms with Gasteiger partial charge < -0.3 is 15.0 Å². The number of hydrogen-bond acceptors (Lipinski definition) is 5. The van der Waals surface area contributed by atoms with Gasteiger partial charge in [-0.15, -0.1) is 0 Å². The van der Waals surface area contributed by atoms with Gasteiger partial charge in [0.2, 0.25) is 11.8 Å². The lowest BCUT2D eigenvalue weighted by Crippen LogP contribution is -2.52.